The van der Waals surface area contributed by atoms with Gasteiger partial charge in [0.2, 0.25) is 11.8 Å². The number of ether oxygens (including phenoxy) is 2. The number of carbonyl (C=O) groups is 6. The molecule has 1 heterocycles. The molecule has 2 rings (SSSR count). The minimum absolute atomic E-state index is 0.0266. The Morgan fingerprint density at radius 2 is 1.63 bits per heavy atom. The van der Waals surface area contributed by atoms with E-state index in [-0.39, 0.29) is 30.4 Å². The highest BCUT2D eigenvalue weighted by molar-refractivity contribution is 6.04. The van der Waals surface area contributed by atoms with Crippen LogP contribution in [0, 0.1) is 5.92 Å². The number of carboxylic acid groups (broad SMARTS) is 1. The lowest BCUT2D eigenvalue weighted by atomic mass is 10.0. The Labute approximate surface area is 220 Å². The molecule has 5 amide bonds. The molecule has 1 aromatic carbocycles. The Morgan fingerprint density at radius 3 is 2.16 bits per heavy atom. The number of imide groups is 2. The molecule has 0 aliphatic carbocycles. The molecule has 4 atom stereocenters. The van der Waals surface area contributed by atoms with Gasteiger partial charge in [-0.2, -0.15) is 0 Å². The first-order valence-electron chi connectivity index (χ1n) is 12.1. The third-order valence-corrected chi connectivity index (χ3v) is 5.99. The molecule has 1 saturated heterocycles. The van der Waals surface area contributed by atoms with E-state index in [9.17, 15) is 33.9 Å². The van der Waals surface area contributed by atoms with Crippen molar-refractivity contribution >= 4 is 35.7 Å². The van der Waals surface area contributed by atoms with Gasteiger partial charge in [-0.3, -0.25) is 24.1 Å². The van der Waals surface area contributed by atoms with Crippen LogP contribution in [-0.4, -0.2) is 93.7 Å². The molecular formula is C25H34N4O9. The second kappa shape index (κ2) is 13.1. The maximum atomic E-state index is 13.3. The van der Waals surface area contributed by atoms with Crippen molar-refractivity contribution < 1.29 is 43.3 Å². The minimum Gasteiger partial charge on any atom is -0.464 e. The summed E-state index contributed by atoms with van der Waals surface area (Å²) in [5, 5.41) is 10.2. The van der Waals surface area contributed by atoms with Gasteiger partial charge in [-0.05, 0) is 31.7 Å². The lowest BCUT2D eigenvalue weighted by molar-refractivity contribution is -0.165. The minimum atomic E-state index is -1.83. The number of carbonyl (C=O) groups excluding carboxylic acids is 5. The summed E-state index contributed by atoms with van der Waals surface area (Å²) >= 11 is 0. The number of likely N-dealkylation sites (N-methyl/N-ethyl adjacent to an activating group) is 1. The predicted octanol–water partition coefficient (Wildman–Crippen LogP) is 0.557. The smallest absolute Gasteiger partial charge is 0.433 e. The number of rotatable bonds is 10. The van der Waals surface area contributed by atoms with Crippen molar-refractivity contribution in [1.82, 2.24) is 14.9 Å². The average Bonchev–Trinajstić information content (AvgIpc) is 3.68. The number of nitrogens with zero attached hydrogens (tertiary/aromatic N) is 3. The molecule has 13 nitrogen and oxygen atoms in total. The van der Waals surface area contributed by atoms with Crippen molar-refractivity contribution in [3.8, 4) is 0 Å². The molecule has 0 bridgehead atoms. The van der Waals surface area contributed by atoms with Crippen molar-refractivity contribution in [2.24, 2.45) is 11.7 Å². The van der Waals surface area contributed by atoms with Crippen LogP contribution >= 0.6 is 0 Å². The number of amides is 5. The van der Waals surface area contributed by atoms with E-state index < -0.39 is 60.0 Å². The monoisotopic (exact) mass is 534 g/mol. The second-order valence-corrected chi connectivity index (χ2v) is 9.06. The van der Waals surface area contributed by atoms with Crippen LogP contribution in [0.3, 0.4) is 0 Å². The Bertz CT molecular complexity index is 1060. The summed E-state index contributed by atoms with van der Waals surface area (Å²) in [5.74, 6) is -4.96. The topological polar surface area (TPSA) is 180 Å². The molecule has 13 heteroatoms. The van der Waals surface area contributed by atoms with E-state index in [0.717, 1.165) is 12.6 Å². The highest BCUT2D eigenvalue weighted by Gasteiger charge is 2.55. The zero-order valence-corrected chi connectivity index (χ0v) is 22.0. The van der Waals surface area contributed by atoms with Crippen LogP contribution in [0.5, 0.6) is 0 Å². The van der Waals surface area contributed by atoms with Gasteiger partial charge in [0.1, 0.15) is 6.04 Å². The van der Waals surface area contributed by atoms with Gasteiger partial charge in [-0.15, -0.1) is 5.01 Å². The van der Waals surface area contributed by atoms with Gasteiger partial charge in [0.15, 0.2) is 12.2 Å². The first-order valence-corrected chi connectivity index (χ1v) is 12.1. The average molecular weight is 535 g/mol. The fourth-order valence-corrected chi connectivity index (χ4v) is 3.67. The molecule has 1 aliphatic rings. The Morgan fingerprint density at radius 1 is 1.03 bits per heavy atom. The number of nitrogens with two attached hydrogens (primary N) is 1. The quantitative estimate of drug-likeness (QED) is 0.244. The number of hydrogen-bond acceptors (Lipinski definition) is 9. The zero-order valence-electron chi connectivity index (χ0n) is 22.0. The molecule has 0 aromatic heterocycles. The van der Waals surface area contributed by atoms with Gasteiger partial charge in [-0.25, -0.2) is 14.6 Å². The van der Waals surface area contributed by atoms with E-state index in [1.165, 1.54) is 6.92 Å². The highest BCUT2D eigenvalue weighted by Crippen LogP contribution is 2.26. The van der Waals surface area contributed by atoms with Gasteiger partial charge in [0, 0.05) is 13.5 Å². The summed E-state index contributed by atoms with van der Waals surface area (Å²) in [5.41, 5.74) is 6.84. The normalized spacial score (nSPS) is 17.7. The Balaban J connectivity index is 2.26. The van der Waals surface area contributed by atoms with Crippen LogP contribution in [0.1, 0.15) is 39.7 Å². The fraction of sp³-hybridized carbons (Fsp3) is 0.520. The van der Waals surface area contributed by atoms with Gasteiger partial charge in [-0.1, -0.05) is 44.2 Å². The van der Waals surface area contributed by atoms with Crippen LogP contribution in [0.15, 0.2) is 30.3 Å². The van der Waals surface area contributed by atoms with Gasteiger partial charge >= 0.3 is 12.1 Å². The third-order valence-electron chi connectivity index (χ3n) is 5.99. The molecule has 1 aromatic rings. The number of esters is 1. The largest absolute Gasteiger partial charge is 0.464 e. The molecule has 38 heavy (non-hydrogen) atoms. The van der Waals surface area contributed by atoms with E-state index >= 15 is 0 Å². The SMILES string of the molecule is CCOC(=O)[C@H]1O[C@@H]1C(=O)N(C(=O)O)N(C)C(=O)[C@H](C)N(C(=O)CCc1ccccc1)C(=O)[C@@H](N)C(C)C. The highest BCUT2D eigenvalue weighted by atomic mass is 16.6. The summed E-state index contributed by atoms with van der Waals surface area (Å²) in [6, 6.07) is 6.41. The number of hydrazine groups is 1. The van der Waals surface area contributed by atoms with E-state index in [1.807, 2.05) is 18.2 Å². The van der Waals surface area contributed by atoms with Gasteiger partial charge in [0.05, 0.1) is 12.6 Å². The van der Waals surface area contributed by atoms with Gasteiger partial charge in [0.25, 0.3) is 11.8 Å². The van der Waals surface area contributed by atoms with Crippen LogP contribution in [0.4, 0.5) is 4.79 Å². The first kappa shape index (κ1) is 30.4. The first-order chi connectivity index (χ1) is 17.8. The lowest BCUT2D eigenvalue weighted by Crippen LogP contribution is -2.60. The van der Waals surface area contributed by atoms with Crippen molar-refractivity contribution in [2.75, 3.05) is 13.7 Å². The van der Waals surface area contributed by atoms with Crippen LogP contribution in [-0.2, 0) is 39.9 Å². The predicted molar refractivity (Wildman–Crippen MR) is 132 cm³/mol. The summed E-state index contributed by atoms with van der Waals surface area (Å²) < 4.78 is 9.73. The van der Waals surface area contributed by atoms with Crippen LogP contribution < -0.4 is 5.73 Å². The molecule has 1 fully saturated rings. The van der Waals surface area contributed by atoms with Crippen molar-refractivity contribution in [1.29, 1.82) is 0 Å². The Kier molecular flexibility index (Phi) is 10.5. The molecule has 0 saturated carbocycles. The van der Waals surface area contributed by atoms with Crippen molar-refractivity contribution in [3.63, 3.8) is 0 Å². The summed E-state index contributed by atoms with van der Waals surface area (Å²) in [6.07, 6.45) is -4.43. The molecule has 0 spiro atoms. The number of benzene rings is 1. The fourth-order valence-electron chi connectivity index (χ4n) is 3.67. The summed E-state index contributed by atoms with van der Waals surface area (Å²) in [7, 11) is 0.992. The van der Waals surface area contributed by atoms with Gasteiger partial charge < -0.3 is 20.3 Å². The van der Waals surface area contributed by atoms with Crippen molar-refractivity contribution in [2.45, 2.75) is 64.8 Å². The van der Waals surface area contributed by atoms with Crippen molar-refractivity contribution in [3.05, 3.63) is 35.9 Å². The summed E-state index contributed by atoms with van der Waals surface area (Å²) in [6.45, 7) is 6.17. The lowest BCUT2D eigenvalue weighted by Gasteiger charge is -2.34. The zero-order chi connectivity index (χ0) is 28.7. The molecule has 1 aliphatic heterocycles. The van der Waals surface area contributed by atoms with E-state index in [1.54, 1.807) is 32.9 Å². The standard InChI is InChI=1S/C25H34N4O9/c1-6-37-24(34)20-19(38-20)23(33)29(25(35)36)27(5)21(31)15(4)28(22(32)18(26)14(2)3)17(30)13-12-16-10-8-7-9-11-16/h7-11,14-15,18-20H,6,12-13,26H2,1-5H3,(H,35,36)/t15-,18-,19-,20-/m0/s1. The van der Waals surface area contributed by atoms with E-state index in [4.69, 9.17) is 15.2 Å². The van der Waals surface area contributed by atoms with Crippen LogP contribution in [0.25, 0.3) is 0 Å². The van der Waals surface area contributed by atoms with E-state index in [0.29, 0.717) is 9.91 Å². The second-order valence-electron chi connectivity index (χ2n) is 9.06. The maximum absolute atomic E-state index is 13.3. The van der Waals surface area contributed by atoms with Crippen LogP contribution in [0.2, 0.25) is 0 Å². The molecule has 208 valence electrons. The molecule has 0 radical (unpaired) electrons. The molecule has 3 N–H and O–H groups in total. The summed E-state index contributed by atoms with van der Waals surface area (Å²) in [4.78, 5) is 76.9. The maximum Gasteiger partial charge on any atom is 0.433 e. The molecule has 0 unspecified atom stereocenters. The molecular weight excluding hydrogens is 500 g/mol. The number of epoxide rings is 1. The number of aryl methyl sites for hydroxylation is 1. The Hall–Kier alpha value is -3.84. The number of hydrogen-bond donors (Lipinski definition) is 2. The van der Waals surface area contributed by atoms with E-state index in [2.05, 4.69) is 0 Å². The third kappa shape index (κ3) is 7.13.